The Bertz CT molecular complexity index is 988. The van der Waals surface area contributed by atoms with Gasteiger partial charge in [0.2, 0.25) is 0 Å². The number of halogens is 2. The molecule has 3 aromatic carbocycles. The number of rotatable bonds is 4. The lowest BCUT2D eigenvalue weighted by Crippen LogP contribution is -2.18. The first-order valence-corrected chi connectivity index (χ1v) is 9.83. The number of hydrogen-bond acceptors (Lipinski definition) is 3. The van der Waals surface area contributed by atoms with Crippen LogP contribution in [0.15, 0.2) is 82.4 Å². The molecule has 4 rings (SSSR count). The van der Waals surface area contributed by atoms with Crippen molar-refractivity contribution in [2.24, 2.45) is 5.10 Å². The number of anilines is 1. The molecule has 5 heteroatoms. The van der Waals surface area contributed by atoms with Crippen molar-refractivity contribution in [2.75, 3.05) is 12.1 Å². The Kier molecular flexibility index (Phi) is 5.19. The van der Waals surface area contributed by atoms with Gasteiger partial charge in [-0.05, 0) is 53.6 Å². The molecule has 0 radical (unpaired) electrons. The summed E-state index contributed by atoms with van der Waals surface area (Å²) in [5.74, 6) is 0.843. The van der Waals surface area contributed by atoms with Gasteiger partial charge in [-0.2, -0.15) is 5.10 Å². The Morgan fingerprint density at radius 1 is 1.04 bits per heavy atom. The van der Waals surface area contributed by atoms with Crippen molar-refractivity contribution in [3.8, 4) is 5.75 Å². The fraction of sp³-hybridized carbons (Fsp3) is 0.136. The van der Waals surface area contributed by atoms with Gasteiger partial charge in [-0.15, -0.1) is 0 Å². The van der Waals surface area contributed by atoms with Crippen LogP contribution in [0.5, 0.6) is 5.75 Å². The summed E-state index contributed by atoms with van der Waals surface area (Å²) in [5, 5.41) is 7.70. The minimum Gasteiger partial charge on any atom is -0.497 e. The van der Waals surface area contributed by atoms with Crippen LogP contribution >= 0.6 is 27.5 Å². The maximum Gasteiger partial charge on any atom is 0.119 e. The second-order valence-corrected chi connectivity index (χ2v) is 7.73. The molecule has 136 valence electrons. The molecular weight excluding hydrogens is 424 g/mol. The van der Waals surface area contributed by atoms with Gasteiger partial charge in [0.15, 0.2) is 0 Å². The van der Waals surface area contributed by atoms with Crippen LogP contribution in [-0.2, 0) is 0 Å². The third-order valence-electron chi connectivity index (χ3n) is 4.64. The highest BCUT2D eigenvalue weighted by Gasteiger charge is 2.30. The van der Waals surface area contributed by atoms with Crippen molar-refractivity contribution in [2.45, 2.75) is 12.5 Å². The summed E-state index contributed by atoms with van der Waals surface area (Å²) < 4.78 is 6.47. The number of nitrogens with zero attached hydrogens (tertiary/aromatic N) is 2. The molecule has 1 heterocycles. The fourth-order valence-electron chi connectivity index (χ4n) is 3.29. The van der Waals surface area contributed by atoms with E-state index in [0.717, 1.165) is 39.2 Å². The first kappa shape index (κ1) is 18.1. The fourth-order valence-corrected chi connectivity index (χ4v) is 3.74. The van der Waals surface area contributed by atoms with Crippen molar-refractivity contribution >= 4 is 38.9 Å². The lowest BCUT2D eigenvalue weighted by atomic mass is 9.98. The molecular formula is C22H18BrClN2O. The molecule has 3 nitrogen and oxygen atoms in total. The van der Waals surface area contributed by atoms with Crippen LogP contribution in [0.1, 0.15) is 23.6 Å². The number of methoxy groups -OCH3 is 1. The molecule has 0 aromatic heterocycles. The van der Waals surface area contributed by atoms with Gasteiger partial charge in [-0.3, -0.25) is 5.01 Å². The van der Waals surface area contributed by atoms with E-state index in [-0.39, 0.29) is 6.04 Å². The zero-order valence-corrected chi connectivity index (χ0v) is 17.1. The van der Waals surface area contributed by atoms with Gasteiger partial charge in [-0.25, -0.2) is 0 Å². The Balaban J connectivity index is 1.76. The number of ether oxygens (including phenoxy) is 1. The standard InChI is InChI=1S/C22H18BrClN2O/c1-27-20-7-2-4-16(12-20)22-14-21(15-8-10-17(23)11-9-15)25-26(22)19-6-3-5-18(24)13-19/h2-13,22H,14H2,1H3/t22-/m1/s1. The molecule has 1 atom stereocenters. The maximum absolute atomic E-state index is 6.24. The molecule has 0 bridgehead atoms. The van der Waals surface area contributed by atoms with E-state index in [0.29, 0.717) is 5.02 Å². The van der Waals surface area contributed by atoms with E-state index >= 15 is 0 Å². The zero-order valence-electron chi connectivity index (χ0n) is 14.8. The Morgan fingerprint density at radius 3 is 2.56 bits per heavy atom. The monoisotopic (exact) mass is 440 g/mol. The van der Waals surface area contributed by atoms with Gasteiger partial charge in [-0.1, -0.05) is 57.9 Å². The van der Waals surface area contributed by atoms with Crippen molar-refractivity contribution in [3.63, 3.8) is 0 Å². The summed E-state index contributed by atoms with van der Waals surface area (Å²) in [6.07, 6.45) is 0.807. The SMILES string of the molecule is COc1cccc([C@H]2CC(c3ccc(Br)cc3)=NN2c2cccc(Cl)c2)c1. The van der Waals surface area contributed by atoms with Gasteiger partial charge in [0.1, 0.15) is 5.75 Å². The van der Waals surface area contributed by atoms with Crippen LogP contribution in [-0.4, -0.2) is 12.8 Å². The summed E-state index contributed by atoms with van der Waals surface area (Å²) in [7, 11) is 1.69. The van der Waals surface area contributed by atoms with E-state index in [9.17, 15) is 0 Å². The lowest BCUT2D eigenvalue weighted by molar-refractivity contribution is 0.414. The van der Waals surface area contributed by atoms with Crippen LogP contribution in [0.4, 0.5) is 5.69 Å². The third-order valence-corrected chi connectivity index (χ3v) is 5.40. The first-order valence-electron chi connectivity index (χ1n) is 8.66. The van der Waals surface area contributed by atoms with Gasteiger partial charge >= 0.3 is 0 Å². The number of hydrogen-bond donors (Lipinski definition) is 0. The quantitative estimate of drug-likeness (QED) is 0.464. The first-order chi connectivity index (χ1) is 13.1. The average Bonchev–Trinajstić information content (AvgIpc) is 3.14. The Morgan fingerprint density at radius 2 is 1.81 bits per heavy atom. The summed E-state index contributed by atoms with van der Waals surface area (Å²) >= 11 is 9.73. The Hall–Kier alpha value is -2.30. The molecule has 0 aliphatic carbocycles. The van der Waals surface area contributed by atoms with Crippen LogP contribution in [0.2, 0.25) is 5.02 Å². The normalized spacial score (nSPS) is 16.3. The van der Waals surface area contributed by atoms with E-state index in [4.69, 9.17) is 21.4 Å². The van der Waals surface area contributed by atoms with Gasteiger partial charge in [0.25, 0.3) is 0 Å². The van der Waals surface area contributed by atoms with E-state index in [1.54, 1.807) is 7.11 Å². The molecule has 0 spiro atoms. The summed E-state index contributed by atoms with van der Waals surface area (Å²) in [6.45, 7) is 0. The summed E-state index contributed by atoms with van der Waals surface area (Å²) in [4.78, 5) is 0. The van der Waals surface area contributed by atoms with E-state index < -0.39 is 0 Å². The topological polar surface area (TPSA) is 24.8 Å². The molecule has 3 aromatic rings. The largest absolute Gasteiger partial charge is 0.497 e. The van der Waals surface area contributed by atoms with Gasteiger partial charge in [0.05, 0.1) is 24.6 Å². The Labute approximate surface area is 172 Å². The predicted octanol–water partition coefficient (Wildman–Crippen LogP) is 6.47. The molecule has 0 saturated carbocycles. The minimum atomic E-state index is 0.0808. The summed E-state index contributed by atoms with van der Waals surface area (Å²) in [6, 6.07) is 24.3. The van der Waals surface area contributed by atoms with Crippen LogP contribution < -0.4 is 9.75 Å². The highest BCUT2D eigenvalue weighted by atomic mass is 79.9. The predicted molar refractivity (Wildman–Crippen MR) is 115 cm³/mol. The van der Waals surface area contributed by atoms with Crippen molar-refractivity contribution in [1.29, 1.82) is 0 Å². The van der Waals surface area contributed by atoms with Crippen molar-refractivity contribution in [3.05, 3.63) is 93.4 Å². The van der Waals surface area contributed by atoms with Crippen LogP contribution in [0, 0.1) is 0 Å². The molecule has 0 N–H and O–H groups in total. The van der Waals surface area contributed by atoms with Gasteiger partial charge < -0.3 is 4.74 Å². The lowest BCUT2D eigenvalue weighted by Gasteiger charge is -2.24. The maximum atomic E-state index is 6.24. The van der Waals surface area contributed by atoms with E-state index in [1.165, 1.54) is 0 Å². The second-order valence-electron chi connectivity index (χ2n) is 6.37. The van der Waals surface area contributed by atoms with Crippen LogP contribution in [0.25, 0.3) is 0 Å². The second kappa shape index (κ2) is 7.75. The van der Waals surface area contributed by atoms with Crippen molar-refractivity contribution in [1.82, 2.24) is 0 Å². The average molecular weight is 442 g/mol. The molecule has 27 heavy (non-hydrogen) atoms. The molecule has 0 unspecified atom stereocenters. The molecule has 1 aliphatic heterocycles. The highest BCUT2D eigenvalue weighted by molar-refractivity contribution is 9.10. The molecule has 1 aliphatic rings. The zero-order chi connectivity index (χ0) is 18.8. The number of hydrazone groups is 1. The van der Waals surface area contributed by atoms with Crippen molar-refractivity contribution < 1.29 is 4.74 Å². The summed E-state index contributed by atoms with van der Waals surface area (Å²) in [5.41, 5.74) is 4.30. The smallest absolute Gasteiger partial charge is 0.119 e. The van der Waals surface area contributed by atoms with Gasteiger partial charge in [0, 0.05) is 15.9 Å². The van der Waals surface area contributed by atoms with E-state index in [1.807, 2.05) is 48.5 Å². The molecule has 0 fully saturated rings. The van der Waals surface area contributed by atoms with E-state index in [2.05, 4.69) is 45.2 Å². The minimum absolute atomic E-state index is 0.0808. The molecule has 0 amide bonds. The highest BCUT2D eigenvalue weighted by Crippen LogP contribution is 2.38. The third kappa shape index (κ3) is 3.87. The number of benzene rings is 3. The molecule has 0 saturated heterocycles. The van der Waals surface area contributed by atoms with Crippen LogP contribution in [0.3, 0.4) is 0 Å².